The molecule has 0 aliphatic heterocycles. The van der Waals surface area contributed by atoms with Crippen LogP contribution >= 0.6 is 24.6 Å². The standard InChI is InChI=1S/C16H22N2O2S.ClH/c1-12(13-7-3-2-4-8-13)20-16(19)11-15(21)18-14-9-5-6-10-17-14;/h5-6,9-10,12-13H,2-4,7-8,11H2,1H3,(H,17,18,21);1H. The van der Waals surface area contributed by atoms with Crippen molar-refractivity contribution < 1.29 is 9.53 Å². The van der Waals surface area contributed by atoms with Gasteiger partial charge in [-0.3, -0.25) is 4.79 Å². The van der Waals surface area contributed by atoms with Crippen LogP contribution in [-0.4, -0.2) is 22.0 Å². The molecule has 122 valence electrons. The number of hydrogen-bond acceptors (Lipinski definition) is 4. The summed E-state index contributed by atoms with van der Waals surface area (Å²) in [5.41, 5.74) is 0. The fourth-order valence-corrected chi connectivity index (χ4v) is 2.93. The van der Waals surface area contributed by atoms with Crippen molar-refractivity contribution in [1.82, 2.24) is 4.98 Å². The van der Waals surface area contributed by atoms with Crippen LogP contribution in [-0.2, 0) is 9.53 Å². The Labute approximate surface area is 143 Å². The van der Waals surface area contributed by atoms with Crippen LogP contribution in [0.15, 0.2) is 24.4 Å². The van der Waals surface area contributed by atoms with Gasteiger partial charge in [0.05, 0.1) is 11.4 Å². The Balaban J connectivity index is 0.00000242. The molecule has 0 bridgehead atoms. The van der Waals surface area contributed by atoms with Gasteiger partial charge >= 0.3 is 5.97 Å². The highest BCUT2D eigenvalue weighted by atomic mass is 35.5. The molecule has 1 aliphatic rings. The summed E-state index contributed by atoms with van der Waals surface area (Å²) in [6, 6.07) is 5.50. The molecule has 1 aromatic heterocycles. The molecule has 1 unspecified atom stereocenters. The van der Waals surface area contributed by atoms with Gasteiger partial charge in [0.25, 0.3) is 0 Å². The lowest BCUT2D eigenvalue weighted by atomic mass is 9.86. The first kappa shape index (κ1) is 18.8. The number of esters is 1. The molecule has 1 saturated carbocycles. The van der Waals surface area contributed by atoms with Gasteiger partial charge in [0.1, 0.15) is 11.9 Å². The predicted octanol–water partition coefficient (Wildman–Crippen LogP) is 4.14. The monoisotopic (exact) mass is 342 g/mol. The average molecular weight is 343 g/mol. The van der Waals surface area contributed by atoms with E-state index in [1.807, 2.05) is 25.1 Å². The molecule has 1 aromatic rings. The van der Waals surface area contributed by atoms with E-state index in [1.54, 1.807) is 6.20 Å². The van der Waals surface area contributed by atoms with Crippen molar-refractivity contribution in [2.45, 2.75) is 51.6 Å². The molecule has 6 heteroatoms. The molecule has 1 heterocycles. The molecular weight excluding hydrogens is 320 g/mol. The number of nitrogens with zero attached hydrogens (tertiary/aromatic N) is 1. The molecule has 0 saturated heterocycles. The Bertz CT molecular complexity index is 478. The third kappa shape index (κ3) is 6.28. The molecule has 22 heavy (non-hydrogen) atoms. The number of rotatable bonds is 5. The summed E-state index contributed by atoms with van der Waals surface area (Å²) in [7, 11) is 0. The fraction of sp³-hybridized carbons (Fsp3) is 0.562. The van der Waals surface area contributed by atoms with Gasteiger partial charge in [-0.1, -0.05) is 37.5 Å². The predicted molar refractivity (Wildman–Crippen MR) is 94.5 cm³/mol. The second-order valence-corrected chi connectivity index (χ2v) is 6.03. The summed E-state index contributed by atoms with van der Waals surface area (Å²) < 4.78 is 5.51. The topological polar surface area (TPSA) is 51.2 Å². The highest BCUT2D eigenvalue weighted by Crippen LogP contribution is 2.27. The van der Waals surface area contributed by atoms with Crippen LogP contribution in [0.4, 0.5) is 5.82 Å². The molecule has 4 nitrogen and oxygen atoms in total. The van der Waals surface area contributed by atoms with E-state index in [9.17, 15) is 4.79 Å². The molecule has 1 fully saturated rings. The van der Waals surface area contributed by atoms with Crippen molar-refractivity contribution in [3.05, 3.63) is 24.4 Å². The maximum absolute atomic E-state index is 11.9. The van der Waals surface area contributed by atoms with E-state index < -0.39 is 0 Å². The van der Waals surface area contributed by atoms with E-state index in [4.69, 9.17) is 17.0 Å². The van der Waals surface area contributed by atoms with Gasteiger partial charge in [0.2, 0.25) is 0 Å². The second kappa shape index (κ2) is 9.74. The van der Waals surface area contributed by atoms with Gasteiger partial charge in [0.15, 0.2) is 0 Å². The number of ether oxygens (including phenoxy) is 1. The summed E-state index contributed by atoms with van der Waals surface area (Å²) >= 11 is 5.17. The quantitative estimate of drug-likeness (QED) is 0.643. The van der Waals surface area contributed by atoms with Crippen LogP contribution in [0.1, 0.15) is 45.4 Å². The number of carbonyl (C=O) groups is 1. The Morgan fingerprint density at radius 1 is 1.41 bits per heavy atom. The zero-order valence-corrected chi connectivity index (χ0v) is 14.4. The summed E-state index contributed by atoms with van der Waals surface area (Å²) in [6.07, 6.45) is 7.86. The number of halogens is 1. The van der Waals surface area contributed by atoms with Crippen molar-refractivity contribution in [2.24, 2.45) is 5.92 Å². The molecule has 0 spiro atoms. The van der Waals surface area contributed by atoms with Crippen LogP contribution in [0.25, 0.3) is 0 Å². The number of nitrogens with one attached hydrogen (secondary N) is 1. The average Bonchev–Trinajstić information content (AvgIpc) is 2.48. The first-order valence-corrected chi connectivity index (χ1v) is 7.96. The lowest BCUT2D eigenvalue weighted by Gasteiger charge is -2.27. The van der Waals surface area contributed by atoms with Crippen molar-refractivity contribution >= 4 is 41.4 Å². The minimum absolute atomic E-state index is 0. The molecule has 1 aliphatic carbocycles. The second-order valence-electron chi connectivity index (χ2n) is 5.53. The molecular formula is C16H23ClN2O2S. The highest BCUT2D eigenvalue weighted by Gasteiger charge is 2.23. The number of carbonyl (C=O) groups excluding carboxylic acids is 1. The first-order valence-electron chi connectivity index (χ1n) is 7.55. The largest absolute Gasteiger partial charge is 0.462 e. The summed E-state index contributed by atoms with van der Waals surface area (Å²) in [5, 5.41) is 2.95. The Hall–Kier alpha value is -1.20. The normalized spacial score (nSPS) is 16.2. The number of anilines is 1. The van der Waals surface area contributed by atoms with Crippen molar-refractivity contribution in [3.8, 4) is 0 Å². The van der Waals surface area contributed by atoms with Crippen molar-refractivity contribution in [2.75, 3.05) is 5.32 Å². The van der Waals surface area contributed by atoms with Gasteiger partial charge in [-0.05, 0) is 37.8 Å². The van der Waals surface area contributed by atoms with Gasteiger partial charge in [-0.25, -0.2) is 4.98 Å². The smallest absolute Gasteiger partial charge is 0.312 e. The van der Waals surface area contributed by atoms with E-state index in [-0.39, 0.29) is 30.9 Å². The lowest BCUT2D eigenvalue weighted by Crippen LogP contribution is -2.27. The molecule has 1 atom stereocenters. The van der Waals surface area contributed by atoms with Crippen LogP contribution < -0.4 is 5.32 Å². The molecule has 0 amide bonds. The SMILES string of the molecule is CC(OC(=O)CC(=S)Nc1ccccn1)C1CCCCC1.Cl. The molecule has 0 aromatic carbocycles. The number of thiocarbonyl (C=S) groups is 1. The fourth-order valence-electron chi connectivity index (χ4n) is 2.70. The van der Waals surface area contributed by atoms with E-state index in [1.165, 1.54) is 19.3 Å². The van der Waals surface area contributed by atoms with Gasteiger partial charge in [-0.2, -0.15) is 0 Å². The number of pyridine rings is 1. The molecule has 2 rings (SSSR count). The Kier molecular flexibility index (Phi) is 8.35. The Morgan fingerprint density at radius 3 is 2.77 bits per heavy atom. The maximum Gasteiger partial charge on any atom is 0.312 e. The summed E-state index contributed by atoms with van der Waals surface area (Å²) in [6.45, 7) is 1.99. The van der Waals surface area contributed by atoms with Gasteiger partial charge < -0.3 is 10.1 Å². The van der Waals surface area contributed by atoms with Crippen LogP contribution in [0.2, 0.25) is 0 Å². The highest BCUT2D eigenvalue weighted by molar-refractivity contribution is 7.80. The Morgan fingerprint density at radius 2 is 2.14 bits per heavy atom. The third-order valence-corrected chi connectivity index (χ3v) is 4.11. The van der Waals surface area contributed by atoms with Crippen LogP contribution in [0, 0.1) is 5.92 Å². The zero-order valence-electron chi connectivity index (χ0n) is 12.8. The minimum atomic E-state index is -0.262. The van der Waals surface area contributed by atoms with Crippen LogP contribution in [0.5, 0.6) is 0 Å². The lowest BCUT2D eigenvalue weighted by molar-refractivity contribution is -0.149. The van der Waals surface area contributed by atoms with Crippen molar-refractivity contribution in [3.63, 3.8) is 0 Å². The first-order chi connectivity index (χ1) is 10.1. The third-order valence-electron chi connectivity index (χ3n) is 3.87. The van der Waals surface area contributed by atoms with Crippen molar-refractivity contribution in [1.29, 1.82) is 0 Å². The number of aromatic nitrogens is 1. The van der Waals surface area contributed by atoms with E-state index in [0.29, 0.717) is 16.7 Å². The van der Waals surface area contributed by atoms with E-state index in [0.717, 1.165) is 12.8 Å². The van der Waals surface area contributed by atoms with Gasteiger partial charge in [0, 0.05) is 6.20 Å². The van der Waals surface area contributed by atoms with E-state index in [2.05, 4.69) is 10.3 Å². The molecule has 1 N–H and O–H groups in total. The summed E-state index contributed by atoms with van der Waals surface area (Å²) in [5.74, 6) is 0.886. The minimum Gasteiger partial charge on any atom is -0.462 e. The zero-order chi connectivity index (χ0) is 15.1. The maximum atomic E-state index is 11.9. The number of hydrogen-bond donors (Lipinski definition) is 1. The molecule has 0 radical (unpaired) electrons. The van der Waals surface area contributed by atoms with E-state index >= 15 is 0 Å². The summed E-state index contributed by atoms with van der Waals surface area (Å²) in [4.78, 5) is 16.5. The van der Waals surface area contributed by atoms with Crippen LogP contribution in [0.3, 0.4) is 0 Å². The van der Waals surface area contributed by atoms with Gasteiger partial charge in [-0.15, -0.1) is 12.4 Å².